The van der Waals surface area contributed by atoms with Crippen LogP contribution in [0.4, 0.5) is 0 Å². The molecular weight excluding hydrogens is 178 g/mol. The zero-order valence-electron chi connectivity index (χ0n) is 8.50. The van der Waals surface area contributed by atoms with E-state index >= 15 is 0 Å². The molecule has 0 saturated heterocycles. The van der Waals surface area contributed by atoms with Gasteiger partial charge in [-0.3, -0.25) is 0 Å². The first-order valence-corrected chi connectivity index (χ1v) is 4.34. The first kappa shape index (κ1) is 10.4. The van der Waals surface area contributed by atoms with Gasteiger partial charge in [0.05, 0.1) is 24.8 Å². The number of ether oxygens (including phenoxy) is 2. The number of rotatable bonds is 3. The SMILES string of the molecule is COc1cc(C#N)[c]cc1OC(C)C. The number of hydrogen-bond acceptors (Lipinski definition) is 3. The van der Waals surface area contributed by atoms with Crippen LogP contribution in [0.1, 0.15) is 19.4 Å². The normalized spacial score (nSPS) is 9.64. The molecule has 0 aliphatic heterocycles. The molecule has 14 heavy (non-hydrogen) atoms. The Balaban J connectivity index is 3.00. The maximum atomic E-state index is 8.65. The highest BCUT2D eigenvalue weighted by Gasteiger charge is 2.07. The van der Waals surface area contributed by atoms with Gasteiger partial charge in [-0.05, 0) is 19.9 Å². The van der Waals surface area contributed by atoms with Crippen LogP contribution in [0.5, 0.6) is 11.5 Å². The van der Waals surface area contributed by atoms with Gasteiger partial charge in [0, 0.05) is 12.1 Å². The van der Waals surface area contributed by atoms with Gasteiger partial charge in [-0.25, -0.2) is 0 Å². The first-order valence-electron chi connectivity index (χ1n) is 4.34. The number of hydrogen-bond donors (Lipinski definition) is 0. The fourth-order valence-corrected chi connectivity index (χ4v) is 1.03. The molecule has 0 fully saturated rings. The van der Waals surface area contributed by atoms with Crippen LogP contribution in [0.15, 0.2) is 12.1 Å². The summed E-state index contributed by atoms with van der Waals surface area (Å²) in [6.07, 6.45) is 0.0743. The maximum Gasteiger partial charge on any atom is 0.162 e. The Labute approximate surface area is 83.9 Å². The molecule has 0 aliphatic rings. The van der Waals surface area contributed by atoms with Gasteiger partial charge < -0.3 is 9.47 Å². The smallest absolute Gasteiger partial charge is 0.162 e. The number of nitrogens with zero attached hydrogens (tertiary/aromatic N) is 1. The van der Waals surface area contributed by atoms with Gasteiger partial charge in [0.2, 0.25) is 0 Å². The van der Waals surface area contributed by atoms with E-state index in [-0.39, 0.29) is 6.10 Å². The molecule has 0 unspecified atom stereocenters. The molecule has 0 spiro atoms. The quantitative estimate of drug-likeness (QED) is 0.733. The molecule has 0 N–H and O–H groups in total. The van der Waals surface area contributed by atoms with Gasteiger partial charge in [-0.15, -0.1) is 0 Å². The van der Waals surface area contributed by atoms with Crippen molar-refractivity contribution in [2.75, 3.05) is 7.11 Å². The Morgan fingerprint density at radius 1 is 1.43 bits per heavy atom. The average molecular weight is 190 g/mol. The summed E-state index contributed by atoms with van der Waals surface area (Å²) in [4.78, 5) is 0. The molecule has 0 aliphatic carbocycles. The number of benzene rings is 1. The lowest BCUT2D eigenvalue weighted by Crippen LogP contribution is -2.06. The zero-order chi connectivity index (χ0) is 10.6. The van der Waals surface area contributed by atoms with Gasteiger partial charge >= 0.3 is 0 Å². The summed E-state index contributed by atoms with van der Waals surface area (Å²) in [6, 6.07) is 8.02. The van der Waals surface area contributed by atoms with E-state index in [1.54, 1.807) is 19.2 Å². The Morgan fingerprint density at radius 3 is 2.64 bits per heavy atom. The van der Waals surface area contributed by atoms with Crippen LogP contribution in [0, 0.1) is 17.4 Å². The molecule has 0 saturated carbocycles. The van der Waals surface area contributed by atoms with E-state index in [0.29, 0.717) is 17.1 Å². The highest BCUT2D eigenvalue weighted by atomic mass is 16.5. The predicted octanol–water partition coefficient (Wildman–Crippen LogP) is 2.15. The van der Waals surface area contributed by atoms with Crippen LogP contribution in [0.3, 0.4) is 0 Å². The van der Waals surface area contributed by atoms with Crippen LogP contribution in [-0.4, -0.2) is 13.2 Å². The second-order valence-corrected chi connectivity index (χ2v) is 3.06. The summed E-state index contributed by atoms with van der Waals surface area (Å²) in [7, 11) is 1.55. The van der Waals surface area contributed by atoms with Crippen molar-refractivity contribution in [2.24, 2.45) is 0 Å². The summed E-state index contributed by atoms with van der Waals surface area (Å²) >= 11 is 0. The molecule has 3 nitrogen and oxygen atoms in total. The summed E-state index contributed by atoms with van der Waals surface area (Å²) in [5.41, 5.74) is 0.443. The summed E-state index contributed by atoms with van der Waals surface area (Å²) in [5, 5.41) is 8.65. The third-order valence-electron chi connectivity index (χ3n) is 1.58. The van der Waals surface area contributed by atoms with Crippen molar-refractivity contribution in [1.82, 2.24) is 0 Å². The minimum atomic E-state index is 0.0743. The summed E-state index contributed by atoms with van der Waals surface area (Å²) < 4.78 is 10.6. The van der Waals surface area contributed by atoms with Crippen LogP contribution < -0.4 is 9.47 Å². The lowest BCUT2D eigenvalue weighted by molar-refractivity contribution is 0.230. The number of methoxy groups -OCH3 is 1. The van der Waals surface area contributed by atoms with Crippen LogP contribution in [0.2, 0.25) is 0 Å². The van der Waals surface area contributed by atoms with Crippen molar-refractivity contribution < 1.29 is 9.47 Å². The van der Waals surface area contributed by atoms with Crippen LogP contribution in [-0.2, 0) is 0 Å². The van der Waals surface area contributed by atoms with Crippen molar-refractivity contribution in [2.45, 2.75) is 20.0 Å². The van der Waals surface area contributed by atoms with Gasteiger partial charge in [0.25, 0.3) is 0 Å². The van der Waals surface area contributed by atoms with E-state index in [0.717, 1.165) is 0 Å². The monoisotopic (exact) mass is 190 g/mol. The van der Waals surface area contributed by atoms with E-state index in [1.807, 2.05) is 19.9 Å². The molecule has 0 atom stereocenters. The largest absolute Gasteiger partial charge is 0.493 e. The predicted molar refractivity (Wildman–Crippen MR) is 52.3 cm³/mol. The van der Waals surface area contributed by atoms with Crippen molar-refractivity contribution in [1.29, 1.82) is 5.26 Å². The fourth-order valence-electron chi connectivity index (χ4n) is 1.03. The van der Waals surface area contributed by atoms with Crippen molar-refractivity contribution in [3.8, 4) is 17.6 Å². The number of nitriles is 1. The van der Waals surface area contributed by atoms with Crippen molar-refractivity contribution in [3.05, 3.63) is 23.8 Å². The van der Waals surface area contributed by atoms with Crippen LogP contribution in [0.25, 0.3) is 0 Å². The molecule has 0 heterocycles. The lowest BCUT2D eigenvalue weighted by Gasteiger charge is -2.12. The third-order valence-corrected chi connectivity index (χ3v) is 1.58. The van der Waals surface area contributed by atoms with E-state index < -0.39 is 0 Å². The second kappa shape index (κ2) is 4.52. The van der Waals surface area contributed by atoms with Crippen molar-refractivity contribution in [3.63, 3.8) is 0 Å². The van der Waals surface area contributed by atoms with Crippen molar-refractivity contribution >= 4 is 0 Å². The molecule has 1 radical (unpaired) electrons. The standard InChI is InChI=1S/C11H12NO2/c1-8(2)14-10-5-4-9(7-12)6-11(10)13-3/h5-6,8H,1-3H3. The molecule has 1 aromatic rings. The van der Waals surface area contributed by atoms with Gasteiger partial charge in [-0.1, -0.05) is 0 Å². The second-order valence-electron chi connectivity index (χ2n) is 3.06. The van der Waals surface area contributed by atoms with E-state index in [9.17, 15) is 0 Å². The molecule has 3 heteroatoms. The first-order chi connectivity index (χ1) is 6.67. The maximum absolute atomic E-state index is 8.65. The Bertz CT molecular complexity index is 353. The molecule has 0 amide bonds. The zero-order valence-corrected chi connectivity index (χ0v) is 8.50. The Hall–Kier alpha value is -1.69. The van der Waals surface area contributed by atoms with Gasteiger partial charge in [0.15, 0.2) is 11.5 Å². The summed E-state index contributed by atoms with van der Waals surface area (Å²) in [5.74, 6) is 1.18. The minimum Gasteiger partial charge on any atom is -0.493 e. The highest BCUT2D eigenvalue weighted by Crippen LogP contribution is 2.28. The van der Waals surface area contributed by atoms with Crippen LogP contribution >= 0.6 is 0 Å². The van der Waals surface area contributed by atoms with E-state index in [2.05, 4.69) is 6.07 Å². The molecular formula is C11H12NO2. The molecule has 73 valence electrons. The van der Waals surface area contributed by atoms with E-state index in [1.165, 1.54) is 0 Å². The average Bonchev–Trinajstić information content (AvgIpc) is 2.17. The highest BCUT2D eigenvalue weighted by molar-refractivity contribution is 5.46. The molecule has 0 bridgehead atoms. The van der Waals surface area contributed by atoms with Gasteiger partial charge in [0.1, 0.15) is 0 Å². The summed E-state index contributed by atoms with van der Waals surface area (Å²) in [6.45, 7) is 3.86. The topological polar surface area (TPSA) is 42.2 Å². The molecule has 0 aromatic heterocycles. The fraction of sp³-hybridized carbons (Fsp3) is 0.364. The molecule has 1 rings (SSSR count). The Morgan fingerprint density at radius 2 is 2.14 bits per heavy atom. The third kappa shape index (κ3) is 2.40. The lowest BCUT2D eigenvalue weighted by atomic mass is 10.2. The van der Waals surface area contributed by atoms with E-state index in [4.69, 9.17) is 14.7 Å². The molecule has 1 aromatic carbocycles. The van der Waals surface area contributed by atoms with Gasteiger partial charge in [-0.2, -0.15) is 5.26 Å². The minimum absolute atomic E-state index is 0.0743. The Kier molecular flexibility index (Phi) is 3.35.